The normalized spacial score (nSPS) is 15.5. The molecule has 24 heavy (non-hydrogen) atoms. The zero-order valence-corrected chi connectivity index (χ0v) is 14.0. The highest BCUT2D eigenvalue weighted by molar-refractivity contribution is 7.80. The number of halogens is 2. The van der Waals surface area contributed by atoms with E-state index in [9.17, 15) is 18.7 Å². The van der Waals surface area contributed by atoms with Crippen molar-refractivity contribution in [3.8, 4) is 0 Å². The van der Waals surface area contributed by atoms with E-state index < -0.39 is 23.0 Å². The molecule has 0 aromatic heterocycles. The van der Waals surface area contributed by atoms with Crippen LogP contribution >= 0.6 is 12.2 Å². The number of thiocarbonyl (C=S) groups is 1. The summed E-state index contributed by atoms with van der Waals surface area (Å²) >= 11 is 5.53. The molecule has 0 bridgehead atoms. The summed E-state index contributed by atoms with van der Waals surface area (Å²) in [5.41, 5.74) is 0.839. The molecule has 0 atom stereocenters. The Balaban J connectivity index is 2.12. The molecule has 1 aliphatic heterocycles. The van der Waals surface area contributed by atoms with Gasteiger partial charge in [-0.15, -0.1) is 0 Å². The second-order valence-corrected chi connectivity index (χ2v) is 6.61. The lowest BCUT2D eigenvalue weighted by atomic mass is 9.87. The number of carbonyl (C=O) groups is 1. The molecule has 0 radical (unpaired) electrons. The Morgan fingerprint density at radius 3 is 2.54 bits per heavy atom. The Hall–Kier alpha value is -2.34. The molecular weight excluding hydrogens is 332 g/mol. The zero-order valence-electron chi connectivity index (χ0n) is 13.1. The quantitative estimate of drug-likeness (QED) is 0.841. The molecule has 3 nitrogen and oxygen atoms in total. The van der Waals surface area contributed by atoms with Gasteiger partial charge < -0.3 is 10.0 Å². The van der Waals surface area contributed by atoms with Crippen LogP contribution in [-0.2, 0) is 12.0 Å². The van der Waals surface area contributed by atoms with Gasteiger partial charge in [0.25, 0.3) is 0 Å². The van der Waals surface area contributed by atoms with Crippen LogP contribution in [0.1, 0.15) is 35.3 Å². The summed E-state index contributed by atoms with van der Waals surface area (Å²) in [5, 5.41) is 9.28. The van der Waals surface area contributed by atoms with Gasteiger partial charge in [0.1, 0.15) is 0 Å². The van der Waals surface area contributed by atoms with Crippen LogP contribution in [0.25, 0.3) is 0 Å². The second kappa shape index (κ2) is 5.63. The van der Waals surface area contributed by atoms with Crippen LogP contribution in [0, 0.1) is 11.6 Å². The molecule has 1 aliphatic rings. The van der Waals surface area contributed by atoms with E-state index in [0.29, 0.717) is 4.99 Å². The summed E-state index contributed by atoms with van der Waals surface area (Å²) in [6, 6.07) is 9.39. The number of anilines is 1. The number of hydrogen-bond acceptors (Lipinski definition) is 2. The van der Waals surface area contributed by atoms with Crippen molar-refractivity contribution in [1.82, 2.24) is 0 Å². The maximum atomic E-state index is 14.3. The molecule has 6 heteroatoms. The SMILES string of the molecule is CC1(C)C(=S)N(Cc2c(C(=O)O)ccc(F)c2F)c2ccccc21. The highest BCUT2D eigenvalue weighted by atomic mass is 32.1. The molecule has 2 aromatic carbocycles. The third-order valence-electron chi connectivity index (χ3n) is 4.39. The third-order valence-corrected chi connectivity index (χ3v) is 5.12. The van der Waals surface area contributed by atoms with Gasteiger partial charge in [-0.05, 0) is 37.6 Å². The molecule has 0 unspecified atom stereocenters. The van der Waals surface area contributed by atoms with E-state index in [2.05, 4.69) is 0 Å². The maximum Gasteiger partial charge on any atom is 0.336 e. The summed E-state index contributed by atoms with van der Waals surface area (Å²) in [6.07, 6.45) is 0. The first kappa shape index (κ1) is 16.5. The van der Waals surface area contributed by atoms with Crippen LogP contribution in [0.15, 0.2) is 36.4 Å². The van der Waals surface area contributed by atoms with Crippen LogP contribution in [0.4, 0.5) is 14.5 Å². The molecule has 1 N–H and O–H groups in total. The largest absolute Gasteiger partial charge is 0.478 e. The van der Waals surface area contributed by atoms with Crippen LogP contribution in [0.5, 0.6) is 0 Å². The predicted molar refractivity (Wildman–Crippen MR) is 91.6 cm³/mol. The van der Waals surface area contributed by atoms with Gasteiger partial charge >= 0.3 is 5.97 Å². The summed E-state index contributed by atoms with van der Waals surface area (Å²) in [7, 11) is 0. The number of fused-ring (bicyclic) bond motifs is 1. The summed E-state index contributed by atoms with van der Waals surface area (Å²) in [5.74, 6) is -3.53. The maximum absolute atomic E-state index is 14.3. The van der Waals surface area contributed by atoms with E-state index in [1.807, 2.05) is 38.1 Å². The lowest BCUT2D eigenvalue weighted by Crippen LogP contribution is -2.34. The van der Waals surface area contributed by atoms with Gasteiger partial charge in [-0.25, -0.2) is 13.6 Å². The van der Waals surface area contributed by atoms with Gasteiger partial charge in [0.2, 0.25) is 0 Å². The van der Waals surface area contributed by atoms with E-state index >= 15 is 0 Å². The molecule has 1 heterocycles. The first-order valence-electron chi connectivity index (χ1n) is 7.36. The van der Waals surface area contributed by atoms with Crippen molar-refractivity contribution in [2.75, 3.05) is 4.90 Å². The number of aromatic carboxylic acids is 1. The standard InChI is InChI=1S/C18H15F2NO2S/c1-18(2)12-5-3-4-6-14(12)21(17(18)24)9-11-10(16(22)23)7-8-13(19)15(11)20/h3-8H,9H2,1-2H3,(H,22,23). The number of benzene rings is 2. The zero-order chi connectivity index (χ0) is 17.6. The number of rotatable bonds is 3. The van der Waals surface area contributed by atoms with E-state index in [1.54, 1.807) is 4.90 Å². The van der Waals surface area contributed by atoms with Crippen molar-refractivity contribution in [3.05, 3.63) is 64.7 Å². The van der Waals surface area contributed by atoms with E-state index in [1.165, 1.54) is 0 Å². The predicted octanol–water partition coefficient (Wildman–Crippen LogP) is 4.29. The van der Waals surface area contributed by atoms with Crippen molar-refractivity contribution in [1.29, 1.82) is 0 Å². The van der Waals surface area contributed by atoms with Crippen molar-refractivity contribution in [2.45, 2.75) is 25.8 Å². The van der Waals surface area contributed by atoms with Crippen LogP contribution < -0.4 is 4.90 Å². The highest BCUT2D eigenvalue weighted by Crippen LogP contribution is 2.43. The van der Waals surface area contributed by atoms with Gasteiger partial charge in [0.05, 0.1) is 17.1 Å². The first-order chi connectivity index (χ1) is 11.2. The van der Waals surface area contributed by atoms with Gasteiger partial charge in [-0.3, -0.25) is 0 Å². The number of carboxylic acid groups (broad SMARTS) is 1. The summed E-state index contributed by atoms with van der Waals surface area (Å²) in [4.78, 5) is 13.6. The number of hydrogen-bond donors (Lipinski definition) is 1. The third kappa shape index (κ3) is 2.38. The number of para-hydroxylation sites is 1. The molecular formula is C18H15F2NO2S. The minimum Gasteiger partial charge on any atom is -0.478 e. The Bertz CT molecular complexity index is 864. The Morgan fingerprint density at radius 2 is 1.88 bits per heavy atom. The number of nitrogens with zero attached hydrogens (tertiary/aromatic N) is 1. The molecule has 0 saturated heterocycles. The number of carboxylic acids is 1. The van der Waals surface area contributed by atoms with E-state index in [-0.39, 0.29) is 17.7 Å². The second-order valence-electron chi connectivity index (χ2n) is 6.23. The minimum atomic E-state index is -1.30. The molecule has 0 fully saturated rings. The highest BCUT2D eigenvalue weighted by Gasteiger charge is 2.40. The fourth-order valence-corrected chi connectivity index (χ4v) is 3.34. The van der Waals surface area contributed by atoms with Crippen LogP contribution in [0.2, 0.25) is 0 Å². The van der Waals surface area contributed by atoms with Gasteiger partial charge in [0, 0.05) is 16.7 Å². The molecule has 0 saturated carbocycles. The smallest absolute Gasteiger partial charge is 0.336 e. The van der Waals surface area contributed by atoms with Crippen molar-refractivity contribution in [2.24, 2.45) is 0 Å². The molecule has 0 aliphatic carbocycles. The molecule has 124 valence electrons. The lowest BCUT2D eigenvalue weighted by Gasteiger charge is -2.24. The fourth-order valence-electron chi connectivity index (χ4n) is 3.06. The van der Waals surface area contributed by atoms with Crippen LogP contribution in [-0.4, -0.2) is 16.1 Å². The molecule has 0 spiro atoms. The van der Waals surface area contributed by atoms with Crippen molar-refractivity contribution >= 4 is 28.9 Å². The molecule has 3 rings (SSSR count). The Morgan fingerprint density at radius 1 is 1.21 bits per heavy atom. The van der Waals surface area contributed by atoms with E-state index in [0.717, 1.165) is 23.4 Å². The minimum absolute atomic E-state index is 0.134. The average molecular weight is 347 g/mol. The van der Waals surface area contributed by atoms with Crippen molar-refractivity contribution < 1.29 is 18.7 Å². The van der Waals surface area contributed by atoms with E-state index in [4.69, 9.17) is 12.2 Å². The Kier molecular flexibility index (Phi) is 3.87. The van der Waals surface area contributed by atoms with Crippen molar-refractivity contribution in [3.63, 3.8) is 0 Å². The van der Waals surface area contributed by atoms with Gasteiger partial charge in [-0.2, -0.15) is 0 Å². The monoisotopic (exact) mass is 347 g/mol. The summed E-state index contributed by atoms with van der Waals surface area (Å²) < 4.78 is 27.9. The Labute approximate surface area is 143 Å². The summed E-state index contributed by atoms with van der Waals surface area (Å²) in [6.45, 7) is 3.77. The lowest BCUT2D eigenvalue weighted by molar-refractivity contribution is 0.0695. The van der Waals surface area contributed by atoms with Gasteiger partial charge in [0.15, 0.2) is 11.6 Å². The average Bonchev–Trinajstić information content (AvgIpc) is 2.73. The fraction of sp³-hybridized carbons (Fsp3) is 0.222. The first-order valence-corrected chi connectivity index (χ1v) is 7.77. The molecule has 2 aromatic rings. The topological polar surface area (TPSA) is 40.5 Å². The molecule has 0 amide bonds. The van der Waals surface area contributed by atoms with Gasteiger partial charge in [-0.1, -0.05) is 30.4 Å². The van der Waals surface area contributed by atoms with Crippen LogP contribution in [0.3, 0.4) is 0 Å².